The monoisotopic (exact) mass is 204 g/mol. The van der Waals surface area contributed by atoms with Gasteiger partial charge in [0.25, 0.3) is 0 Å². The van der Waals surface area contributed by atoms with Crippen molar-refractivity contribution in [2.75, 3.05) is 21.1 Å². The van der Waals surface area contributed by atoms with Gasteiger partial charge in [-0.2, -0.15) is 4.39 Å². The lowest BCUT2D eigenvalue weighted by molar-refractivity contribution is 0.181. The van der Waals surface area contributed by atoms with E-state index in [-0.39, 0.29) is 11.5 Å². The molecule has 0 saturated heterocycles. The topological polar surface area (TPSA) is 27.7 Å². The summed E-state index contributed by atoms with van der Waals surface area (Å²) < 4.78 is 39.2. The molecule has 0 aromatic heterocycles. The molecule has 0 radical (unpaired) electrons. The molecule has 0 atom stereocenters. The predicted octanol–water partition coefficient (Wildman–Crippen LogP) is 2.15. The molecule has 78 valence electrons. The van der Waals surface area contributed by atoms with Crippen LogP contribution in [0, 0.1) is 5.82 Å². The van der Waals surface area contributed by atoms with Crippen LogP contribution in [0.2, 0.25) is 0 Å². The summed E-state index contributed by atoms with van der Waals surface area (Å²) in [5.41, 5.74) is 0. The Morgan fingerprint density at radius 3 is 2.29 bits per heavy atom. The SMILES string of the molecule is COc1cc(OC)c(F)c(OCF)c1. The highest BCUT2D eigenvalue weighted by Gasteiger charge is 2.12. The standard InChI is InChI=1S/C9H10F2O3/c1-12-6-3-7(13-2)9(11)8(4-6)14-5-10/h3-4H,5H2,1-2H3. The molecule has 0 unspecified atom stereocenters. The zero-order valence-electron chi connectivity index (χ0n) is 7.84. The maximum Gasteiger partial charge on any atom is 0.228 e. The van der Waals surface area contributed by atoms with Crippen LogP contribution in [0.5, 0.6) is 17.2 Å². The van der Waals surface area contributed by atoms with Crippen LogP contribution in [-0.4, -0.2) is 21.1 Å². The molecule has 0 fully saturated rings. The van der Waals surface area contributed by atoms with Gasteiger partial charge in [0.15, 0.2) is 11.5 Å². The maximum atomic E-state index is 13.3. The van der Waals surface area contributed by atoms with Gasteiger partial charge in [0.05, 0.1) is 14.2 Å². The van der Waals surface area contributed by atoms with Crippen molar-refractivity contribution in [3.63, 3.8) is 0 Å². The highest BCUT2D eigenvalue weighted by Crippen LogP contribution is 2.32. The van der Waals surface area contributed by atoms with Gasteiger partial charge in [-0.15, -0.1) is 0 Å². The van der Waals surface area contributed by atoms with Gasteiger partial charge in [-0.1, -0.05) is 0 Å². The van der Waals surface area contributed by atoms with Crippen molar-refractivity contribution in [3.8, 4) is 17.2 Å². The van der Waals surface area contributed by atoms with Crippen LogP contribution in [0.4, 0.5) is 8.78 Å². The van der Waals surface area contributed by atoms with Crippen LogP contribution in [0.15, 0.2) is 12.1 Å². The van der Waals surface area contributed by atoms with Crippen LogP contribution < -0.4 is 14.2 Å². The van der Waals surface area contributed by atoms with E-state index in [1.54, 1.807) is 0 Å². The molecule has 0 aliphatic rings. The van der Waals surface area contributed by atoms with Crippen LogP contribution in [0.25, 0.3) is 0 Å². The minimum absolute atomic E-state index is 0.0483. The second-order valence-electron chi connectivity index (χ2n) is 2.40. The summed E-state index contributed by atoms with van der Waals surface area (Å²) in [6.45, 7) is -1.10. The molecule has 0 heterocycles. The molecule has 3 nitrogen and oxygen atoms in total. The molecule has 1 aromatic rings. The largest absolute Gasteiger partial charge is 0.496 e. The Morgan fingerprint density at radius 2 is 1.79 bits per heavy atom. The second kappa shape index (κ2) is 4.64. The maximum absolute atomic E-state index is 13.3. The number of benzene rings is 1. The molecule has 0 bridgehead atoms. The number of hydrogen-bond donors (Lipinski definition) is 0. The second-order valence-corrected chi connectivity index (χ2v) is 2.40. The first-order valence-corrected chi connectivity index (χ1v) is 3.83. The zero-order valence-corrected chi connectivity index (χ0v) is 7.84. The van der Waals surface area contributed by atoms with Crippen molar-refractivity contribution < 1.29 is 23.0 Å². The average molecular weight is 204 g/mol. The zero-order chi connectivity index (χ0) is 10.6. The third-order valence-electron chi connectivity index (χ3n) is 1.65. The molecule has 0 aliphatic carbocycles. The summed E-state index contributed by atoms with van der Waals surface area (Å²) in [5, 5.41) is 0. The molecule has 0 spiro atoms. The predicted molar refractivity (Wildman–Crippen MR) is 46.1 cm³/mol. The molecule has 0 saturated carbocycles. The Kier molecular flexibility index (Phi) is 3.50. The molecule has 0 N–H and O–H groups in total. The van der Waals surface area contributed by atoms with Crippen molar-refractivity contribution in [1.82, 2.24) is 0 Å². The minimum Gasteiger partial charge on any atom is -0.496 e. The van der Waals surface area contributed by atoms with E-state index in [1.807, 2.05) is 0 Å². The summed E-state index contributed by atoms with van der Waals surface area (Å²) in [4.78, 5) is 0. The number of halogens is 2. The molecule has 1 rings (SSSR count). The summed E-state index contributed by atoms with van der Waals surface area (Å²) in [5.74, 6) is -0.686. The summed E-state index contributed by atoms with van der Waals surface area (Å²) in [6.07, 6.45) is 0. The van der Waals surface area contributed by atoms with E-state index in [1.165, 1.54) is 26.4 Å². The van der Waals surface area contributed by atoms with Gasteiger partial charge in [-0.25, -0.2) is 4.39 Å². The number of ether oxygens (including phenoxy) is 3. The van der Waals surface area contributed by atoms with Gasteiger partial charge in [-0.05, 0) is 0 Å². The van der Waals surface area contributed by atoms with Crippen molar-refractivity contribution in [2.24, 2.45) is 0 Å². The van der Waals surface area contributed by atoms with Gasteiger partial charge in [0.2, 0.25) is 12.7 Å². The normalized spacial score (nSPS) is 9.71. The fraction of sp³-hybridized carbons (Fsp3) is 0.333. The smallest absolute Gasteiger partial charge is 0.228 e. The first kappa shape index (κ1) is 10.6. The van der Waals surface area contributed by atoms with E-state index in [2.05, 4.69) is 4.74 Å². The van der Waals surface area contributed by atoms with E-state index in [0.717, 1.165) is 0 Å². The Hall–Kier alpha value is -1.52. The number of rotatable bonds is 4. The van der Waals surface area contributed by atoms with E-state index < -0.39 is 12.7 Å². The summed E-state index contributed by atoms with van der Waals surface area (Å²) in [6, 6.07) is 2.60. The Balaban J connectivity index is 3.12. The number of alkyl halides is 1. The van der Waals surface area contributed by atoms with Crippen LogP contribution >= 0.6 is 0 Å². The molecular formula is C9H10F2O3. The highest BCUT2D eigenvalue weighted by atomic mass is 19.1. The van der Waals surface area contributed by atoms with Crippen molar-refractivity contribution in [2.45, 2.75) is 0 Å². The lowest BCUT2D eigenvalue weighted by Gasteiger charge is -2.09. The summed E-state index contributed by atoms with van der Waals surface area (Å²) in [7, 11) is 2.71. The molecule has 14 heavy (non-hydrogen) atoms. The molecule has 5 heteroatoms. The van der Waals surface area contributed by atoms with Gasteiger partial charge in [-0.3, -0.25) is 0 Å². The Morgan fingerprint density at radius 1 is 1.14 bits per heavy atom. The quantitative estimate of drug-likeness (QED) is 0.752. The highest BCUT2D eigenvalue weighted by molar-refractivity contribution is 5.43. The van der Waals surface area contributed by atoms with Gasteiger partial charge in [0.1, 0.15) is 5.75 Å². The fourth-order valence-corrected chi connectivity index (χ4v) is 0.978. The molecule has 1 aromatic carbocycles. The fourth-order valence-electron chi connectivity index (χ4n) is 0.978. The van der Waals surface area contributed by atoms with Gasteiger partial charge in [0, 0.05) is 12.1 Å². The lowest BCUT2D eigenvalue weighted by Crippen LogP contribution is -1.97. The third-order valence-corrected chi connectivity index (χ3v) is 1.65. The average Bonchev–Trinajstić information content (AvgIpc) is 2.21. The van der Waals surface area contributed by atoms with E-state index >= 15 is 0 Å². The van der Waals surface area contributed by atoms with Crippen molar-refractivity contribution >= 4 is 0 Å². The molecule has 0 aliphatic heterocycles. The van der Waals surface area contributed by atoms with Gasteiger partial charge >= 0.3 is 0 Å². The Bertz CT molecular complexity index is 315. The summed E-state index contributed by atoms with van der Waals surface area (Å²) >= 11 is 0. The lowest BCUT2D eigenvalue weighted by atomic mass is 10.3. The first-order chi connectivity index (χ1) is 6.72. The van der Waals surface area contributed by atoms with Crippen LogP contribution in [0.3, 0.4) is 0 Å². The van der Waals surface area contributed by atoms with E-state index in [4.69, 9.17) is 9.47 Å². The number of methoxy groups -OCH3 is 2. The third kappa shape index (κ3) is 2.04. The van der Waals surface area contributed by atoms with Gasteiger partial charge < -0.3 is 14.2 Å². The molecule has 0 amide bonds. The molecular weight excluding hydrogens is 194 g/mol. The van der Waals surface area contributed by atoms with E-state index in [9.17, 15) is 8.78 Å². The van der Waals surface area contributed by atoms with E-state index in [0.29, 0.717) is 5.75 Å². The van der Waals surface area contributed by atoms with Crippen molar-refractivity contribution in [3.05, 3.63) is 17.9 Å². The Labute approximate surface area is 80.2 Å². The van der Waals surface area contributed by atoms with Crippen molar-refractivity contribution in [1.29, 1.82) is 0 Å². The first-order valence-electron chi connectivity index (χ1n) is 3.83. The van der Waals surface area contributed by atoms with Crippen LogP contribution in [0.1, 0.15) is 0 Å². The van der Waals surface area contributed by atoms with Crippen LogP contribution in [-0.2, 0) is 0 Å². The minimum atomic E-state index is -1.10. The number of hydrogen-bond acceptors (Lipinski definition) is 3.